The molecule has 1 heterocycles. The number of carboxylic acid groups (broad SMARTS) is 1. The van der Waals surface area contributed by atoms with Crippen LogP contribution in [0.3, 0.4) is 0 Å². The number of carbonyl (C=O) groups excluding carboxylic acids is 1. The van der Waals surface area contributed by atoms with Crippen LogP contribution in [0.2, 0.25) is 6.32 Å². The predicted molar refractivity (Wildman–Crippen MR) is 96.8 cm³/mol. The van der Waals surface area contributed by atoms with Gasteiger partial charge < -0.3 is 31.3 Å². The summed E-state index contributed by atoms with van der Waals surface area (Å²) in [6.45, 7) is 1.91. The number of unbranched alkanes of at least 4 members (excludes halogenated alkanes) is 1. The zero-order valence-corrected chi connectivity index (χ0v) is 15.3. The van der Waals surface area contributed by atoms with Crippen LogP contribution in [0.5, 0.6) is 0 Å². The lowest BCUT2D eigenvalue weighted by Gasteiger charge is -2.31. The van der Waals surface area contributed by atoms with Crippen LogP contribution >= 0.6 is 24.8 Å². The van der Waals surface area contributed by atoms with E-state index in [2.05, 4.69) is 4.90 Å². The third kappa shape index (κ3) is 10.4. The molecule has 144 valence electrons. The molecule has 0 aliphatic carbocycles. The Balaban J connectivity index is -0.00000147. The number of piperidine rings is 1. The lowest BCUT2D eigenvalue weighted by molar-refractivity contribution is -0.144. The Kier molecular flexibility index (Phi) is 16.4. The summed E-state index contributed by atoms with van der Waals surface area (Å²) >= 11 is 0. The fourth-order valence-corrected chi connectivity index (χ4v) is 2.49. The quantitative estimate of drug-likeness (QED) is 0.305. The number of aliphatic carboxylic acids is 1. The van der Waals surface area contributed by atoms with E-state index in [-0.39, 0.29) is 42.4 Å². The second-order valence-electron chi connectivity index (χ2n) is 5.82. The van der Waals surface area contributed by atoms with Crippen molar-refractivity contribution in [3.63, 3.8) is 0 Å². The minimum absolute atomic E-state index is 0. The number of rotatable bonds is 9. The molecule has 11 heteroatoms. The molecule has 0 spiro atoms. The Bertz CT molecular complexity index is 368. The van der Waals surface area contributed by atoms with Gasteiger partial charge in [-0.15, -0.1) is 24.8 Å². The summed E-state index contributed by atoms with van der Waals surface area (Å²) in [5.74, 6) is -0.772. The van der Waals surface area contributed by atoms with Crippen molar-refractivity contribution >= 4 is 43.7 Å². The van der Waals surface area contributed by atoms with Gasteiger partial charge in [-0.05, 0) is 19.2 Å². The Labute approximate surface area is 155 Å². The third-order valence-corrected chi connectivity index (χ3v) is 4.05. The first-order valence-electron chi connectivity index (χ1n) is 7.46. The van der Waals surface area contributed by atoms with E-state index in [9.17, 15) is 14.7 Å². The molecule has 1 rings (SSSR count). The highest BCUT2D eigenvalue weighted by atomic mass is 35.5. The lowest BCUT2D eigenvalue weighted by Crippen LogP contribution is -2.50. The predicted octanol–water partition coefficient (Wildman–Crippen LogP) is -0.514. The average Bonchev–Trinajstić information content (AvgIpc) is 2.42. The van der Waals surface area contributed by atoms with Gasteiger partial charge in [-0.1, -0.05) is 12.8 Å². The molecule has 1 fully saturated rings. The smallest absolute Gasteiger partial charge is 0.451 e. The van der Waals surface area contributed by atoms with E-state index in [0.717, 1.165) is 0 Å². The van der Waals surface area contributed by atoms with Crippen molar-refractivity contribution in [1.29, 1.82) is 0 Å². The zero-order valence-electron chi connectivity index (χ0n) is 13.6. The molecule has 1 aliphatic rings. The van der Waals surface area contributed by atoms with Crippen LogP contribution in [0.4, 0.5) is 0 Å². The van der Waals surface area contributed by atoms with E-state index in [4.69, 9.17) is 15.8 Å². The maximum atomic E-state index is 11.4. The number of carbonyl (C=O) groups is 2. The summed E-state index contributed by atoms with van der Waals surface area (Å²) in [5, 5.41) is 26.8. The molecule has 0 bridgehead atoms. The Morgan fingerprint density at radius 1 is 1.17 bits per heavy atom. The molecule has 0 radical (unpaired) electrons. The molecule has 1 aliphatic heterocycles. The first kappa shape index (κ1) is 28.4. The van der Waals surface area contributed by atoms with Crippen LogP contribution < -0.4 is 5.73 Å². The van der Waals surface area contributed by atoms with Gasteiger partial charge in [0.1, 0.15) is 11.3 Å². The van der Waals surface area contributed by atoms with Crippen molar-refractivity contribution < 1.29 is 30.2 Å². The summed E-state index contributed by atoms with van der Waals surface area (Å²) < 4.78 is 0. The molecule has 0 aromatic rings. The summed E-state index contributed by atoms with van der Waals surface area (Å²) in [6, 6.07) is 0. The van der Waals surface area contributed by atoms with Crippen molar-refractivity contribution in [2.24, 2.45) is 5.73 Å². The number of hydrogen-bond donors (Lipinski definition) is 4. The topological polar surface area (TPSA) is 156 Å². The standard InChI is InChI=1S/C13H25BN2O5.2ClH.H2O/c15-13(12(18)19,5-1-2-7-14(20)21)6-10-16-8-3-11(17)4-9-16;;;/h20-21H,1-10,15H2,(H,18,19);2*1H;1H2. The van der Waals surface area contributed by atoms with Gasteiger partial charge in [0, 0.05) is 32.5 Å². The third-order valence-electron chi connectivity index (χ3n) is 4.05. The molecule has 0 amide bonds. The fourth-order valence-electron chi connectivity index (χ4n) is 2.49. The molecular weight excluding hydrogens is 362 g/mol. The SMILES string of the molecule is Cl.Cl.NC(CCCCB(O)O)(CCN1CCC(=O)CC1)C(=O)O.O. The van der Waals surface area contributed by atoms with Gasteiger partial charge >= 0.3 is 13.1 Å². The lowest BCUT2D eigenvalue weighted by atomic mass is 9.81. The highest BCUT2D eigenvalue weighted by Gasteiger charge is 2.34. The van der Waals surface area contributed by atoms with E-state index >= 15 is 0 Å². The molecule has 0 saturated carbocycles. The molecule has 8 nitrogen and oxygen atoms in total. The van der Waals surface area contributed by atoms with Crippen LogP contribution in [-0.2, 0) is 9.59 Å². The van der Waals surface area contributed by atoms with E-state index in [1.54, 1.807) is 0 Å². The first-order valence-corrected chi connectivity index (χ1v) is 7.46. The number of carboxylic acids is 1. The van der Waals surface area contributed by atoms with Crippen molar-refractivity contribution in [3.05, 3.63) is 0 Å². The van der Waals surface area contributed by atoms with E-state index in [1.807, 2.05) is 0 Å². The van der Waals surface area contributed by atoms with Crippen LogP contribution in [0, 0.1) is 0 Å². The van der Waals surface area contributed by atoms with Crippen molar-refractivity contribution in [2.75, 3.05) is 19.6 Å². The minimum Gasteiger partial charge on any atom is -0.480 e. The van der Waals surface area contributed by atoms with Gasteiger partial charge in [-0.3, -0.25) is 9.59 Å². The monoisotopic (exact) mass is 390 g/mol. The number of likely N-dealkylation sites (tertiary alicyclic amines) is 1. The van der Waals surface area contributed by atoms with Gasteiger partial charge in [0.05, 0.1) is 0 Å². The summed E-state index contributed by atoms with van der Waals surface area (Å²) in [4.78, 5) is 24.6. The fraction of sp³-hybridized carbons (Fsp3) is 0.846. The molecule has 1 saturated heterocycles. The summed E-state index contributed by atoms with van der Waals surface area (Å²) in [5.41, 5.74) is 4.69. The highest BCUT2D eigenvalue weighted by Crippen LogP contribution is 2.19. The molecule has 1 unspecified atom stereocenters. The molecule has 7 N–H and O–H groups in total. The second-order valence-corrected chi connectivity index (χ2v) is 5.82. The van der Waals surface area contributed by atoms with Gasteiger partial charge in [0.25, 0.3) is 0 Å². The molecular formula is C13H29BCl2N2O6. The summed E-state index contributed by atoms with van der Waals surface area (Å²) in [7, 11) is -1.35. The minimum atomic E-state index is -1.35. The van der Waals surface area contributed by atoms with E-state index in [0.29, 0.717) is 58.2 Å². The normalized spacial score (nSPS) is 16.9. The van der Waals surface area contributed by atoms with Gasteiger partial charge in [-0.25, -0.2) is 0 Å². The molecule has 0 aromatic heterocycles. The Morgan fingerprint density at radius 2 is 1.71 bits per heavy atom. The van der Waals surface area contributed by atoms with Crippen LogP contribution in [0.25, 0.3) is 0 Å². The maximum absolute atomic E-state index is 11.4. The van der Waals surface area contributed by atoms with Crippen LogP contribution in [-0.4, -0.2) is 69.6 Å². The summed E-state index contributed by atoms with van der Waals surface area (Å²) in [6.07, 6.45) is 2.99. The Hall–Kier alpha value is -0.415. The van der Waals surface area contributed by atoms with E-state index < -0.39 is 18.6 Å². The number of ketones is 1. The molecule has 24 heavy (non-hydrogen) atoms. The maximum Gasteiger partial charge on any atom is 0.451 e. The zero-order chi connectivity index (χ0) is 15.9. The van der Waals surface area contributed by atoms with Gasteiger partial charge in [-0.2, -0.15) is 0 Å². The molecule has 0 aromatic carbocycles. The number of hydrogen-bond acceptors (Lipinski definition) is 6. The number of nitrogens with two attached hydrogens (primary N) is 1. The van der Waals surface area contributed by atoms with Crippen molar-refractivity contribution in [3.8, 4) is 0 Å². The largest absolute Gasteiger partial charge is 0.480 e. The van der Waals surface area contributed by atoms with E-state index in [1.165, 1.54) is 0 Å². The average molecular weight is 391 g/mol. The van der Waals surface area contributed by atoms with Crippen molar-refractivity contribution in [1.82, 2.24) is 4.90 Å². The number of Topliss-reactive ketones (excluding diaryl/α,β-unsaturated/α-hetero) is 1. The van der Waals surface area contributed by atoms with Gasteiger partial charge in [0.2, 0.25) is 0 Å². The van der Waals surface area contributed by atoms with Gasteiger partial charge in [0.15, 0.2) is 0 Å². The van der Waals surface area contributed by atoms with Crippen LogP contribution in [0.1, 0.15) is 38.5 Å². The van der Waals surface area contributed by atoms with Crippen LogP contribution in [0.15, 0.2) is 0 Å². The second kappa shape index (κ2) is 13.8. The molecule has 1 atom stereocenters. The highest BCUT2D eigenvalue weighted by molar-refractivity contribution is 6.40. The Morgan fingerprint density at radius 3 is 2.17 bits per heavy atom. The number of halogens is 2. The van der Waals surface area contributed by atoms with Crippen molar-refractivity contribution in [2.45, 2.75) is 50.4 Å². The first-order chi connectivity index (χ1) is 9.83. The number of nitrogens with zero attached hydrogens (tertiary/aromatic N) is 1.